The van der Waals surface area contributed by atoms with E-state index in [2.05, 4.69) is 20.2 Å². The molecule has 0 spiro atoms. The van der Waals surface area contributed by atoms with Crippen LogP contribution in [0.25, 0.3) is 11.4 Å². The van der Waals surface area contributed by atoms with Crippen LogP contribution in [0.15, 0.2) is 54.7 Å². The lowest BCUT2D eigenvalue weighted by Gasteiger charge is -2.31. The molecule has 6 heteroatoms. The third kappa shape index (κ3) is 4.22. The Labute approximate surface area is 158 Å². The van der Waals surface area contributed by atoms with Gasteiger partial charge in [-0.3, -0.25) is 14.9 Å². The fourth-order valence-electron chi connectivity index (χ4n) is 3.54. The maximum Gasteiger partial charge on any atom is 0.222 e. The van der Waals surface area contributed by atoms with E-state index in [4.69, 9.17) is 0 Å². The molecule has 1 amide bonds. The summed E-state index contributed by atoms with van der Waals surface area (Å²) in [6.45, 7) is 1.52. The molecular weight excluding hydrogens is 338 g/mol. The molecule has 3 aromatic rings. The number of H-pyrrole nitrogens is 1. The molecule has 1 N–H and O–H groups in total. The Morgan fingerprint density at radius 2 is 2.00 bits per heavy atom. The van der Waals surface area contributed by atoms with Crippen molar-refractivity contribution in [3.63, 3.8) is 0 Å². The van der Waals surface area contributed by atoms with Crippen LogP contribution in [0, 0.1) is 0 Å². The summed E-state index contributed by atoms with van der Waals surface area (Å²) in [5.41, 5.74) is 1.96. The van der Waals surface area contributed by atoms with Crippen LogP contribution in [0.2, 0.25) is 0 Å². The number of aromatic nitrogens is 4. The van der Waals surface area contributed by atoms with Gasteiger partial charge in [0.25, 0.3) is 0 Å². The third-order valence-electron chi connectivity index (χ3n) is 5.02. The number of rotatable bonds is 5. The molecule has 4 rings (SSSR count). The summed E-state index contributed by atoms with van der Waals surface area (Å²) in [6, 6.07) is 15.8. The minimum absolute atomic E-state index is 0.188. The lowest BCUT2D eigenvalue weighted by atomic mass is 9.97. The number of aromatic amines is 1. The van der Waals surface area contributed by atoms with Gasteiger partial charge in [-0.05, 0) is 31.4 Å². The number of hydrogen-bond acceptors (Lipinski definition) is 4. The van der Waals surface area contributed by atoms with E-state index >= 15 is 0 Å². The molecule has 2 aromatic heterocycles. The van der Waals surface area contributed by atoms with Gasteiger partial charge in [0.05, 0.1) is 0 Å². The first kappa shape index (κ1) is 17.4. The quantitative estimate of drug-likeness (QED) is 0.757. The van der Waals surface area contributed by atoms with Crippen molar-refractivity contribution in [3.05, 3.63) is 66.2 Å². The molecule has 27 heavy (non-hydrogen) atoms. The number of likely N-dealkylation sites (tertiary alicyclic amines) is 1. The van der Waals surface area contributed by atoms with Gasteiger partial charge in [-0.1, -0.05) is 36.4 Å². The van der Waals surface area contributed by atoms with E-state index in [0.29, 0.717) is 25.2 Å². The normalized spacial score (nSPS) is 17.0. The Hall–Kier alpha value is -3.02. The summed E-state index contributed by atoms with van der Waals surface area (Å²) in [6.07, 6.45) is 4.95. The predicted molar refractivity (Wildman–Crippen MR) is 103 cm³/mol. The Morgan fingerprint density at radius 1 is 1.15 bits per heavy atom. The van der Waals surface area contributed by atoms with Crippen molar-refractivity contribution in [2.75, 3.05) is 13.1 Å². The Kier molecular flexibility index (Phi) is 5.23. The number of benzene rings is 1. The van der Waals surface area contributed by atoms with E-state index in [1.165, 1.54) is 0 Å². The molecule has 138 valence electrons. The highest BCUT2D eigenvalue weighted by Crippen LogP contribution is 2.26. The minimum atomic E-state index is 0.188. The number of piperidine rings is 1. The fourth-order valence-corrected chi connectivity index (χ4v) is 3.54. The van der Waals surface area contributed by atoms with Gasteiger partial charge >= 0.3 is 0 Å². The highest BCUT2D eigenvalue weighted by Gasteiger charge is 2.27. The smallest absolute Gasteiger partial charge is 0.222 e. The second-order valence-corrected chi connectivity index (χ2v) is 6.91. The number of carbonyl (C=O) groups excluding carboxylic acids is 1. The van der Waals surface area contributed by atoms with Crippen molar-refractivity contribution in [3.8, 4) is 11.4 Å². The zero-order valence-corrected chi connectivity index (χ0v) is 15.2. The summed E-state index contributed by atoms with van der Waals surface area (Å²) in [7, 11) is 0. The topological polar surface area (TPSA) is 74.8 Å². The Balaban J connectivity index is 1.38. The molecule has 1 atom stereocenters. The van der Waals surface area contributed by atoms with Gasteiger partial charge < -0.3 is 4.90 Å². The van der Waals surface area contributed by atoms with Crippen LogP contribution in [0.5, 0.6) is 0 Å². The van der Waals surface area contributed by atoms with Crippen molar-refractivity contribution in [1.82, 2.24) is 25.1 Å². The van der Waals surface area contributed by atoms with Crippen LogP contribution in [-0.2, 0) is 11.2 Å². The van der Waals surface area contributed by atoms with Gasteiger partial charge in [0, 0.05) is 42.9 Å². The van der Waals surface area contributed by atoms with Gasteiger partial charge in [0.15, 0.2) is 5.82 Å². The summed E-state index contributed by atoms with van der Waals surface area (Å²) >= 11 is 0. The summed E-state index contributed by atoms with van der Waals surface area (Å²) in [5.74, 6) is 1.98. The van der Waals surface area contributed by atoms with Crippen LogP contribution in [0.3, 0.4) is 0 Å². The van der Waals surface area contributed by atoms with Crippen molar-refractivity contribution in [1.29, 1.82) is 0 Å². The molecule has 3 heterocycles. The molecule has 6 nitrogen and oxygen atoms in total. The van der Waals surface area contributed by atoms with Crippen LogP contribution < -0.4 is 0 Å². The molecule has 1 fully saturated rings. The molecule has 1 aromatic carbocycles. The maximum absolute atomic E-state index is 12.6. The molecule has 0 radical (unpaired) electrons. The van der Waals surface area contributed by atoms with Crippen LogP contribution in [-0.4, -0.2) is 44.1 Å². The van der Waals surface area contributed by atoms with Gasteiger partial charge in [-0.25, -0.2) is 4.98 Å². The number of nitrogens with zero attached hydrogens (tertiary/aromatic N) is 4. The highest BCUT2D eigenvalue weighted by atomic mass is 16.2. The van der Waals surface area contributed by atoms with Crippen LogP contribution >= 0.6 is 0 Å². The van der Waals surface area contributed by atoms with E-state index in [9.17, 15) is 4.79 Å². The third-order valence-corrected chi connectivity index (χ3v) is 5.02. The number of aryl methyl sites for hydroxylation is 1. The van der Waals surface area contributed by atoms with Crippen molar-refractivity contribution >= 4 is 5.91 Å². The van der Waals surface area contributed by atoms with Crippen molar-refractivity contribution in [2.24, 2.45) is 0 Å². The van der Waals surface area contributed by atoms with E-state index in [1.54, 1.807) is 6.20 Å². The average Bonchev–Trinajstić information content (AvgIpc) is 3.24. The van der Waals surface area contributed by atoms with Crippen LogP contribution in [0.1, 0.15) is 36.7 Å². The van der Waals surface area contributed by atoms with E-state index in [1.807, 2.05) is 53.4 Å². The second-order valence-electron chi connectivity index (χ2n) is 6.91. The second kappa shape index (κ2) is 8.12. The molecule has 1 aliphatic rings. The first-order chi connectivity index (χ1) is 13.3. The summed E-state index contributed by atoms with van der Waals surface area (Å²) < 4.78 is 0. The fraction of sp³-hybridized carbons (Fsp3) is 0.333. The summed E-state index contributed by atoms with van der Waals surface area (Å²) in [4.78, 5) is 23.6. The van der Waals surface area contributed by atoms with Crippen LogP contribution in [0.4, 0.5) is 0 Å². The molecular formula is C21H23N5O. The monoisotopic (exact) mass is 361 g/mol. The van der Waals surface area contributed by atoms with E-state index < -0.39 is 0 Å². The number of hydrogen-bond donors (Lipinski definition) is 1. The van der Waals surface area contributed by atoms with Crippen molar-refractivity contribution < 1.29 is 4.79 Å². The zero-order chi connectivity index (χ0) is 18.5. The molecule has 0 bridgehead atoms. The predicted octanol–water partition coefficient (Wildman–Crippen LogP) is 3.21. The first-order valence-corrected chi connectivity index (χ1v) is 9.45. The van der Waals surface area contributed by atoms with Crippen molar-refractivity contribution in [2.45, 2.75) is 31.6 Å². The number of nitrogens with one attached hydrogen (secondary N) is 1. The van der Waals surface area contributed by atoms with Gasteiger partial charge in [0.1, 0.15) is 5.82 Å². The zero-order valence-electron chi connectivity index (χ0n) is 15.2. The molecule has 1 aliphatic heterocycles. The van der Waals surface area contributed by atoms with Gasteiger partial charge in [0.2, 0.25) is 5.91 Å². The molecule has 1 saturated heterocycles. The molecule has 1 unspecified atom stereocenters. The average molecular weight is 361 g/mol. The molecule has 0 aliphatic carbocycles. The standard InChI is InChI=1S/C21H23N5O/c27-19(12-11-18-10-4-5-13-22-18)26-14-6-9-17(15-26)21-23-20(24-25-21)16-7-2-1-3-8-16/h1-5,7-8,10,13,17H,6,9,11-12,14-15H2,(H,23,24,25). The maximum atomic E-state index is 12.6. The molecule has 0 saturated carbocycles. The lowest BCUT2D eigenvalue weighted by molar-refractivity contribution is -0.132. The minimum Gasteiger partial charge on any atom is -0.342 e. The number of carbonyl (C=O) groups is 1. The SMILES string of the molecule is O=C(CCc1ccccn1)N1CCCC(c2nc(-c3ccccc3)n[nH]2)C1. The summed E-state index contributed by atoms with van der Waals surface area (Å²) in [5, 5.41) is 7.44. The van der Waals surface area contributed by atoms with E-state index in [-0.39, 0.29) is 11.8 Å². The Morgan fingerprint density at radius 3 is 2.81 bits per heavy atom. The Bertz CT molecular complexity index is 878. The van der Waals surface area contributed by atoms with E-state index in [0.717, 1.165) is 36.5 Å². The van der Waals surface area contributed by atoms with Gasteiger partial charge in [-0.2, -0.15) is 5.10 Å². The number of amides is 1. The lowest BCUT2D eigenvalue weighted by Crippen LogP contribution is -2.39. The first-order valence-electron chi connectivity index (χ1n) is 9.45. The number of pyridine rings is 1. The van der Waals surface area contributed by atoms with Gasteiger partial charge in [-0.15, -0.1) is 0 Å². The largest absolute Gasteiger partial charge is 0.342 e. The highest BCUT2D eigenvalue weighted by molar-refractivity contribution is 5.76.